The molecule has 0 bridgehead atoms. The zero-order chi connectivity index (χ0) is 21.4. The third-order valence-corrected chi connectivity index (χ3v) is 4.40. The normalized spacial score (nSPS) is 13.7. The monoisotopic (exact) mass is 438 g/mol. The van der Waals surface area contributed by atoms with Gasteiger partial charge in [0.05, 0.1) is 0 Å². The van der Waals surface area contributed by atoms with Crippen LogP contribution in [0.4, 0.5) is 0 Å². The Balaban J connectivity index is 1.75. The van der Waals surface area contributed by atoms with Crippen LogP contribution in [-0.4, -0.2) is 36.6 Å². The molecule has 0 heterocycles. The standard InChI is InChI=1S/C21H24Cl2N2O4/c1-13(25-21(27)15(3)29-19-9-5-7-17(23)11-19)12-24-20(26)14(2)28-18-8-4-6-16(22)10-18/h4-11,13-15H,12H2,1-3H3,(H,24,26)(H,25,27). The van der Waals surface area contributed by atoms with Crippen molar-refractivity contribution in [1.29, 1.82) is 0 Å². The SMILES string of the molecule is CC(CNC(=O)C(C)Oc1cccc(Cl)c1)NC(=O)C(C)Oc1cccc(Cl)c1. The number of ether oxygens (including phenoxy) is 2. The fourth-order valence-corrected chi connectivity index (χ4v) is 2.77. The zero-order valence-corrected chi connectivity index (χ0v) is 18.0. The third-order valence-electron chi connectivity index (χ3n) is 3.93. The van der Waals surface area contributed by atoms with Crippen LogP contribution < -0.4 is 20.1 Å². The Hall–Kier alpha value is -2.44. The van der Waals surface area contributed by atoms with E-state index in [4.69, 9.17) is 32.7 Å². The van der Waals surface area contributed by atoms with E-state index in [1.165, 1.54) is 0 Å². The van der Waals surface area contributed by atoms with Gasteiger partial charge in [0.25, 0.3) is 11.8 Å². The Labute approximate surface area is 180 Å². The van der Waals surface area contributed by atoms with Gasteiger partial charge >= 0.3 is 0 Å². The smallest absolute Gasteiger partial charge is 0.261 e. The van der Waals surface area contributed by atoms with Crippen LogP contribution in [0.5, 0.6) is 11.5 Å². The molecule has 0 fully saturated rings. The van der Waals surface area contributed by atoms with Crippen molar-refractivity contribution in [2.75, 3.05) is 6.54 Å². The van der Waals surface area contributed by atoms with E-state index in [1.807, 2.05) is 0 Å². The molecule has 0 aliphatic rings. The quantitative estimate of drug-likeness (QED) is 0.623. The average Bonchev–Trinajstić information content (AvgIpc) is 2.66. The van der Waals surface area contributed by atoms with Gasteiger partial charge in [-0.2, -0.15) is 0 Å². The summed E-state index contributed by atoms with van der Waals surface area (Å²) in [4.78, 5) is 24.5. The van der Waals surface area contributed by atoms with Gasteiger partial charge in [-0.15, -0.1) is 0 Å². The molecule has 2 N–H and O–H groups in total. The molecule has 2 aromatic rings. The van der Waals surface area contributed by atoms with Gasteiger partial charge in [0.15, 0.2) is 12.2 Å². The molecule has 0 aromatic heterocycles. The van der Waals surface area contributed by atoms with Crippen molar-refractivity contribution >= 4 is 35.0 Å². The van der Waals surface area contributed by atoms with Gasteiger partial charge in [0.1, 0.15) is 11.5 Å². The van der Waals surface area contributed by atoms with Crippen molar-refractivity contribution in [3.63, 3.8) is 0 Å². The minimum absolute atomic E-state index is 0.248. The molecule has 8 heteroatoms. The van der Waals surface area contributed by atoms with Crippen LogP contribution >= 0.6 is 23.2 Å². The average molecular weight is 439 g/mol. The summed E-state index contributed by atoms with van der Waals surface area (Å²) >= 11 is 11.8. The van der Waals surface area contributed by atoms with Gasteiger partial charge in [-0.25, -0.2) is 0 Å². The first-order valence-corrected chi connectivity index (χ1v) is 9.92. The van der Waals surface area contributed by atoms with Crippen LogP contribution in [0.15, 0.2) is 48.5 Å². The molecular formula is C21H24Cl2N2O4. The Morgan fingerprint density at radius 1 is 0.862 bits per heavy atom. The van der Waals surface area contributed by atoms with Crippen molar-refractivity contribution in [2.24, 2.45) is 0 Å². The fourth-order valence-electron chi connectivity index (χ4n) is 2.40. The summed E-state index contributed by atoms with van der Waals surface area (Å²) in [6.45, 7) is 5.31. The highest BCUT2D eigenvalue weighted by Gasteiger charge is 2.19. The van der Waals surface area contributed by atoms with Crippen molar-refractivity contribution in [3.05, 3.63) is 58.6 Å². The third kappa shape index (κ3) is 7.83. The van der Waals surface area contributed by atoms with Crippen LogP contribution in [-0.2, 0) is 9.59 Å². The highest BCUT2D eigenvalue weighted by Crippen LogP contribution is 2.19. The number of rotatable bonds is 9. The molecular weight excluding hydrogens is 415 g/mol. The Morgan fingerprint density at radius 3 is 1.83 bits per heavy atom. The molecule has 6 nitrogen and oxygen atoms in total. The summed E-state index contributed by atoms with van der Waals surface area (Å²) in [5, 5.41) is 6.60. The first kappa shape index (κ1) is 22.8. The second-order valence-corrected chi connectivity index (χ2v) is 7.46. The maximum atomic E-state index is 12.3. The van der Waals surface area contributed by atoms with Crippen molar-refractivity contribution in [1.82, 2.24) is 10.6 Å². The second kappa shape index (κ2) is 10.9. The minimum atomic E-state index is -0.711. The van der Waals surface area contributed by atoms with Gasteiger partial charge in [-0.05, 0) is 57.2 Å². The summed E-state index contributed by atoms with van der Waals surface area (Å²) in [6, 6.07) is 13.4. The van der Waals surface area contributed by atoms with Gasteiger partial charge < -0.3 is 20.1 Å². The molecule has 2 amide bonds. The molecule has 0 radical (unpaired) electrons. The number of hydrogen-bond acceptors (Lipinski definition) is 4. The molecule has 0 spiro atoms. The van der Waals surface area contributed by atoms with Crippen LogP contribution in [0.1, 0.15) is 20.8 Å². The number of carbonyl (C=O) groups is 2. The molecule has 3 unspecified atom stereocenters. The molecule has 0 saturated heterocycles. The lowest BCUT2D eigenvalue weighted by molar-refractivity contribution is -0.129. The zero-order valence-electron chi connectivity index (χ0n) is 16.4. The van der Waals surface area contributed by atoms with E-state index in [-0.39, 0.29) is 24.4 Å². The van der Waals surface area contributed by atoms with Gasteiger partial charge in [0.2, 0.25) is 0 Å². The van der Waals surface area contributed by atoms with Crippen LogP contribution in [0.25, 0.3) is 0 Å². The van der Waals surface area contributed by atoms with Gasteiger partial charge in [-0.1, -0.05) is 35.3 Å². The number of amides is 2. The topological polar surface area (TPSA) is 76.7 Å². The molecule has 0 saturated carbocycles. The van der Waals surface area contributed by atoms with Crippen LogP contribution in [0, 0.1) is 0 Å². The first-order chi connectivity index (χ1) is 13.7. The number of carbonyl (C=O) groups excluding carboxylic acids is 2. The summed E-state index contributed by atoms with van der Waals surface area (Å²) in [5.74, 6) is 0.422. The predicted octanol–water partition coefficient (Wildman–Crippen LogP) is 3.85. The molecule has 0 aliphatic carbocycles. The molecule has 2 aromatic carbocycles. The van der Waals surface area contributed by atoms with Gasteiger partial charge in [0, 0.05) is 22.6 Å². The lowest BCUT2D eigenvalue weighted by Gasteiger charge is -2.20. The number of hydrogen-bond donors (Lipinski definition) is 2. The molecule has 156 valence electrons. The van der Waals surface area contributed by atoms with E-state index < -0.39 is 12.2 Å². The largest absolute Gasteiger partial charge is 0.481 e. The maximum Gasteiger partial charge on any atom is 0.261 e. The second-order valence-electron chi connectivity index (χ2n) is 6.59. The predicted molar refractivity (Wildman–Crippen MR) is 114 cm³/mol. The molecule has 3 atom stereocenters. The molecule has 0 aliphatic heterocycles. The van der Waals surface area contributed by atoms with E-state index in [1.54, 1.807) is 69.3 Å². The Bertz CT molecular complexity index is 847. The van der Waals surface area contributed by atoms with Crippen molar-refractivity contribution in [3.8, 4) is 11.5 Å². The molecule has 2 rings (SSSR count). The van der Waals surface area contributed by atoms with Crippen molar-refractivity contribution < 1.29 is 19.1 Å². The highest BCUT2D eigenvalue weighted by molar-refractivity contribution is 6.31. The van der Waals surface area contributed by atoms with Gasteiger partial charge in [-0.3, -0.25) is 9.59 Å². The van der Waals surface area contributed by atoms with E-state index in [9.17, 15) is 9.59 Å². The van der Waals surface area contributed by atoms with Crippen LogP contribution in [0.3, 0.4) is 0 Å². The van der Waals surface area contributed by atoms with E-state index in [2.05, 4.69) is 10.6 Å². The van der Waals surface area contributed by atoms with E-state index in [0.29, 0.717) is 21.5 Å². The Morgan fingerprint density at radius 2 is 1.34 bits per heavy atom. The first-order valence-electron chi connectivity index (χ1n) is 9.17. The maximum absolute atomic E-state index is 12.3. The fraction of sp³-hybridized carbons (Fsp3) is 0.333. The van der Waals surface area contributed by atoms with E-state index in [0.717, 1.165) is 0 Å². The lowest BCUT2D eigenvalue weighted by atomic mass is 10.2. The summed E-state index contributed by atoms with van der Waals surface area (Å²) in [7, 11) is 0. The van der Waals surface area contributed by atoms with Crippen molar-refractivity contribution in [2.45, 2.75) is 39.0 Å². The highest BCUT2D eigenvalue weighted by atomic mass is 35.5. The summed E-state index contributed by atoms with van der Waals surface area (Å²) < 4.78 is 11.2. The lowest BCUT2D eigenvalue weighted by Crippen LogP contribution is -2.48. The minimum Gasteiger partial charge on any atom is -0.481 e. The summed E-state index contributed by atoms with van der Waals surface area (Å²) in [6.07, 6.45) is -1.42. The Kier molecular flexibility index (Phi) is 8.61. The molecule has 29 heavy (non-hydrogen) atoms. The van der Waals surface area contributed by atoms with Crippen LogP contribution in [0.2, 0.25) is 10.0 Å². The number of benzene rings is 2. The number of nitrogens with one attached hydrogen (secondary N) is 2. The summed E-state index contributed by atoms with van der Waals surface area (Å²) in [5.41, 5.74) is 0. The van der Waals surface area contributed by atoms with E-state index >= 15 is 0 Å². The number of halogens is 2.